The highest BCUT2D eigenvalue weighted by atomic mass is 35.5. The minimum Gasteiger partial charge on any atom is -0.351 e. The first-order chi connectivity index (χ1) is 13.0. The van der Waals surface area contributed by atoms with Crippen LogP contribution in [-0.4, -0.2) is 23.3 Å². The van der Waals surface area contributed by atoms with Gasteiger partial charge in [0, 0.05) is 23.2 Å². The Labute approximate surface area is 170 Å². The quantitative estimate of drug-likeness (QED) is 0.600. The Balaban J connectivity index is 1.42. The summed E-state index contributed by atoms with van der Waals surface area (Å²) >= 11 is 9.22. The molecule has 0 aliphatic rings. The molecule has 0 fully saturated rings. The van der Waals surface area contributed by atoms with Gasteiger partial charge in [0.15, 0.2) is 0 Å². The molecule has 0 saturated carbocycles. The molecule has 27 heavy (non-hydrogen) atoms. The third kappa shape index (κ3) is 5.38. The molecular formula is C19H18ClN3O2S2. The number of rotatable bonds is 7. The number of amides is 2. The number of benzene rings is 1. The van der Waals surface area contributed by atoms with Gasteiger partial charge in [-0.05, 0) is 31.2 Å². The number of halogens is 1. The average molecular weight is 420 g/mol. The first-order valence-electron chi connectivity index (χ1n) is 8.33. The van der Waals surface area contributed by atoms with Crippen LogP contribution in [0.4, 0.5) is 0 Å². The maximum absolute atomic E-state index is 12.0. The molecule has 3 rings (SSSR count). The number of aromatic nitrogens is 1. The van der Waals surface area contributed by atoms with E-state index in [4.69, 9.17) is 11.6 Å². The molecule has 0 aliphatic carbocycles. The molecule has 8 heteroatoms. The highest BCUT2D eigenvalue weighted by Gasteiger charge is 2.10. The van der Waals surface area contributed by atoms with E-state index in [9.17, 15) is 9.59 Å². The Morgan fingerprint density at radius 2 is 1.96 bits per heavy atom. The van der Waals surface area contributed by atoms with Crippen LogP contribution in [0.2, 0.25) is 5.02 Å². The third-order valence-corrected chi connectivity index (χ3v) is 5.96. The van der Waals surface area contributed by atoms with Gasteiger partial charge in [0.2, 0.25) is 5.91 Å². The van der Waals surface area contributed by atoms with Gasteiger partial charge in [0.05, 0.1) is 32.7 Å². The van der Waals surface area contributed by atoms with E-state index < -0.39 is 0 Å². The predicted molar refractivity (Wildman–Crippen MR) is 110 cm³/mol. The summed E-state index contributed by atoms with van der Waals surface area (Å²) in [4.78, 5) is 30.6. The molecule has 140 valence electrons. The summed E-state index contributed by atoms with van der Waals surface area (Å²) < 4.78 is 0. The van der Waals surface area contributed by atoms with Gasteiger partial charge in [-0.2, -0.15) is 0 Å². The lowest BCUT2D eigenvalue weighted by atomic mass is 10.2. The normalized spacial score (nSPS) is 10.6. The van der Waals surface area contributed by atoms with Gasteiger partial charge in [-0.25, -0.2) is 4.98 Å². The Kier molecular flexibility index (Phi) is 6.60. The van der Waals surface area contributed by atoms with Gasteiger partial charge in [0.1, 0.15) is 0 Å². The maximum atomic E-state index is 12.0. The van der Waals surface area contributed by atoms with E-state index in [0.29, 0.717) is 17.1 Å². The SMILES string of the molecule is Cc1nc(-c2ccc(CNC(=O)CCNC(=O)c3ccccc3Cl)s2)cs1. The summed E-state index contributed by atoms with van der Waals surface area (Å²) in [5.41, 5.74) is 1.38. The molecule has 0 bridgehead atoms. The van der Waals surface area contributed by atoms with Crippen molar-refractivity contribution < 1.29 is 9.59 Å². The van der Waals surface area contributed by atoms with Crippen molar-refractivity contribution in [3.05, 3.63) is 62.2 Å². The second-order valence-electron chi connectivity index (χ2n) is 5.78. The zero-order valence-electron chi connectivity index (χ0n) is 14.6. The number of hydrogen-bond donors (Lipinski definition) is 2. The molecule has 3 aromatic rings. The number of thiazole rings is 1. The Hall–Kier alpha value is -2.22. The van der Waals surface area contributed by atoms with Crippen LogP contribution in [0.15, 0.2) is 41.8 Å². The van der Waals surface area contributed by atoms with Crippen molar-refractivity contribution in [1.82, 2.24) is 15.6 Å². The molecule has 0 saturated heterocycles. The lowest BCUT2D eigenvalue weighted by molar-refractivity contribution is -0.121. The van der Waals surface area contributed by atoms with Crippen LogP contribution >= 0.6 is 34.3 Å². The Morgan fingerprint density at radius 1 is 1.15 bits per heavy atom. The van der Waals surface area contributed by atoms with E-state index in [0.717, 1.165) is 20.5 Å². The number of thiophene rings is 1. The third-order valence-electron chi connectivity index (χ3n) is 3.75. The average Bonchev–Trinajstić information content (AvgIpc) is 3.29. The van der Waals surface area contributed by atoms with Crippen LogP contribution in [0, 0.1) is 6.92 Å². The van der Waals surface area contributed by atoms with Crippen molar-refractivity contribution in [1.29, 1.82) is 0 Å². The highest BCUT2D eigenvalue weighted by molar-refractivity contribution is 7.16. The minimum absolute atomic E-state index is 0.117. The molecule has 2 amide bonds. The molecule has 1 aromatic carbocycles. The van der Waals surface area contributed by atoms with Crippen molar-refractivity contribution in [3.63, 3.8) is 0 Å². The van der Waals surface area contributed by atoms with Gasteiger partial charge in [-0.15, -0.1) is 22.7 Å². The monoisotopic (exact) mass is 419 g/mol. The standard InChI is InChI=1S/C19H18ClN3O2S2/c1-12-23-16(11-26-12)17-7-6-13(27-17)10-22-18(24)8-9-21-19(25)14-4-2-3-5-15(14)20/h2-7,11H,8-10H2,1H3,(H,21,25)(H,22,24). The van der Waals surface area contributed by atoms with Gasteiger partial charge in [0.25, 0.3) is 5.91 Å². The number of aryl methyl sites for hydroxylation is 1. The topological polar surface area (TPSA) is 71.1 Å². The highest BCUT2D eigenvalue weighted by Crippen LogP contribution is 2.28. The zero-order chi connectivity index (χ0) is 19.2. The Bertz CT molecular complexity index is 952. The largest absolute Gasteiger partial charge is 0.351 e. The van der Waals surface area contributed by atoms with E-state index >= 15 is 0 Å². The van der Waals surface area contributed by atoms with E-state index in [2.05, 4.69) is 15.6 Å². The van der Waals surface area contributed by atoms with Gasteiger partial charge < -0.3 is 10.6 Å². The second-order valence-corrected chi connectivity index (χ2v) is 8.42. The number of nitrogens with one attached hydrogen (secondary N) is 2. The zero-order valence-corrected chi connectivity index (χ0v) is 17.0. The first-order valence-corrected chi connectivity index (χ1v) is 10.4. The van der Waals surface area contributed by atoms with Crippen molar-refractivity contribution in [3.8, 4) is 10.6 Å². The summed E-state index contributed by atoms with van der Waals surface area (Å²) in [6.07, 6.45) is 0.208. The molecule has 2 aromatic heterocycles. The van der Waals surface area contributed by atoms with E-state index in [1.54, 1.807) is 46.9 Å². The van der Waals surface area contributed by atoms with E-state index in [-0.39, 0.29) is 24.8 Å². The Morgan fingerprint density at radius 3 is 2.70 bits per heavy atom. The number of carbonyl (C=O) groups excluding carboxylic acids is 2. The van der Waals surface area contributed by atoms with Gasteiger partial charge in [-0.1, -0.05) is 23.7 Å². The summed E-state index contributed by atoms with van der Waals surface area (Å²) in [6.45, 7) is 2.70. The van der Waals surface area contributed by atoms with Crippen molar-refractivity contribution in [2.24, 2.45) is 0 Å². The molecule has 0 atom stereocenters. The lowest BCUT2D eigenvalue weighted by Crippen LogP contribution is -2.30. The molecule has 0 radical (unpaired) electrons. The fourth-order valence-electron chi connectivity index (χ4n) is 2.39. The minimum atomic E-state index is -0.283. The van der Waals surface area contributed by atoms with Crippen molar-refractivity contribution in [2.75, 3.05) is 6.54 Å². The van der Waals surface area contributed by atoms with Crippen LogP contribution < -0.4 is 10.6 Å². The molecule has 2 heterocycles. The fourth-order valence-corrected chi connectivity index (χ4v) is 4.21. The van der Waals surface area contributed by atoms with Crippen molar-refractivity contribution in [2.45, 2.75) is 19.9 Å². The van der Waals surface area contributed by atoms with E-state index in [1.807, 2.05) is 24.4 Å². The van der Waals surface area contributed by atoms with Crippen LogP contribution in [0.3, 0.4) is 0 Å². The van der Waals surface area contributed by atoms with Crippen molar-refractivity contribution >= 4 is 46.1 Å². The molecule has 0 spiro atoms. The molecule has 0 aliphatic heterocycles. The summed E-state index contributed by atoms with van der Waals surface area (Å²) in [7, 11) is 0. The first kappa shape index (κ1) is 19.5. The molecule has 5 nitrogen and oxygen atoms in total. The maximum Gasteiger partial charge on any atom is 0.252 e. The predicted octanol–water partition coefficient (Wildman–Crippen LogP) is 4.27. The summed E-state index contributed by atoms with van der Waals surface area (Å²) in [5.74, 6) is -0.399. The van der Waals surface area contributed by atoms with Crippen LogP contribution in [0.1, 0.15) is 26.7 Å². The van der Waals surface area contributed by atoms with Crippen LogP contribution in [0.25, 0.3) is 10.6 Å². The molecular weight excluding hydrogens is 402 g/mol. The molecule has 0 unspecified atom stereocenters. The smallest absolute Gasteiger partial charge is 0.252 e. The van der Waals surface area contributed by atoms with Crippen LogP contribution in [0.5, 0.6) is 0 Å². The second kappa shape index (κ2) is 9.12. The fraction of sp³-hybridized carbons (Fsp3) is 0.211. The van der Waals surface area contributed by atoms with Crippen LogP contribution in [-0.2, 0) is 11.3 Å². The van der Waals surface area contributed by atoms with E-state index in [1.165, 1.54) is 0 Å². The molecule has 2 N–H and O–H groups in total. The summed E-state index contributed by atoms with van der Waals surface area (Å²) in [6, 6.07) is 10.8. The van der Waals surface area contributed by atoms with Gasteiger partial charge in [-0.3, -0.25) is 9.59 Å². The number of nitrogens with zero attached hydrogens (tertiary/aromatic N) is 1. The lowest BCUT2D eigenvalue weighted by Gasteiger charge is -2.07. The van der Waals surface area contributed by atoms with Gasteiger partial charge >= 0.3 is 0 Å². The number of carbonyl (C=O) groups is 2. The number of hydrogen-bond acceptors (Lipinski definition) is 5. The summed E-state index contributed by atoms with van der Waals surface area (Å²) in [5, 5.41) is 9.04.